The summed E-state index contributed by atoms with van der Waals surface area (Å²) in [5.41, 5.74) is 2.31. The molecule has 3 aromatic carbocycles. The lowest BCUT2D eigenvalue weighted by Gasteiger charge is -2.08. The molecule has 162 valence electrons. The Morgan fingerprint density at radius 2 is 1.69 bits per heavy atom. The molecule has 1 aromatic heterocycles. The van der Waals surface area contributed by atoms with Gasteiger partial charge in [-0.2, -0.15) is 0 Å². The molecule has 1 heterocycles. The summed E-state index contributed by atoms with van der Waals surface area (Å²) >= 11 is 0. The molecule has 4 aromatic rings. The highest BCUT2D eigenvalue weighted by molar-refractivity contribution is 6.12. The molecule has 0 saturated carbocycles. The van der Waals surface area contributed by atoms with Gasteiger partial charge in [0, 0.05) is 22.2 Å². The first-order valence-corrected chi connectivity index (χ1v) is 9.78. The summed E-state index contributed by atoms with van der Waals surface area (Å²) in [4.78, 5) is 25.7. The van der Waals surface area contributed by atoms with Crippen LogP contribution in [0.4, 0.5) is 10.1 Å². The molecule has 0 aliphatic rings. The summed E-state index contributed by atoms with van der Waals surface area (Å²) in [6, 6.07) is 15.3. The first-order chi connectivity index (χ1) is 15.4. The van der Waals surface area contributed by atoms with Gasteiger partial charge in [0.05, 0.1) is 19.8 Å². The van der Waals surface area contributed by atoms with Crippen molar-refractivity contribution in [3.63, 3.8) is 0 Å². The highest BCUT2D eigenvalue weighted by Crippen LogP contribution is 2.32. The van der Waals surface area contributed by atoms with E-state index in [9.17, 15) is 14.0 Å². The van der Waals surface area contributed by atoms with Crippen LogP contribution in [-0.2, 0) is 0 Å². The van der Waals surface area contributed by atoms with Crippen molar-refractivity contribution in [1.82, 2.24) is 0 Å². The molecule has 32 heavy (non-hydrogen) atoms. The molecule has 4 rings (SSSR count). The molecule has 7 heteroatoms. The monoisotopic (exact) mass is 433 g/mol. The third-order valence-electron chi connectivity index (χ3n) is 5.16. The summed E-state index contributed by atoms with van der Waals surface area (Å²) < 4.78 is 29.5. The molecule has 1 amide bonds. The van der Waals surface area contributed by atoms with E-state index in [4.69, 9.17) is 13.9 Å². The van der Waals surface area contributed by atoms with Crippen molar-refractivity contribution in [3.8, 4) is 11.5 Å². The fourth-order valence-corrected chi connectivity index (χ4v) is 3.43. The van der Waals surface area contributed by atoms with Crippen molar-refractivity contribution in [2.45, 2.75) is 6.92 Å². The first kappa shape index (κ1) is 21.1. The zero-order chi connectivity index (χ0) is 22.8. The highest BCUT2D eigenvalue weighted by atomic mass is 19.1. The molecule has 0 bridgehead atoms. The molecule has 0 radical (unpaired) electrons. The van der Waals surface area contributed by atoms with Crippen molar-refractivity contribution in [2.75, 3.05) is 19.5 Å². The molecule has 0 saturated heterocycles. The van der Waals surface area contributed by atoms with Crippen molar-refractivity contribution in [3.05, 3.63) is 88.9 Å². The van der Waals surface area contributed by atoms with E-state index in [1.165, 1.54) is 38.5 Å². The first-order valence-electron chi connectivity index (χ1n) is 9.78. The van der Waals surface area contributed by atoms with E-state index >= 15 is 0 Å². The van der Waals surface area contributed by atoms with E-state index in [0.29, 0.717) is 44.8 Å². The summed E-state index contributed by atoms with van der Waals surface area (Å²) in [7, 11) is 3.00. The van der Waals surface area contributed by atoms with Gasteiger partial charge in [-0.3, -0.25) is 9.59 Å². The SMILES string of the molecule is COc1ccc(OC)c(C(=O)c2oc3ccc(NC(=O)c4ccc(F)cc4)cc3c2C)c1. The van der Waals surface area contributed by atoms with Crippen LogP contribution in [-0.4, -0.2) is 25.9 Å². The number of methoxy groups -OCH3 is 2. The minimum Gasteiger partial charge on any atom is -0.497 e. The van der Waals surface area contributed by atoms with Crippen LogP contribution in [0.5, 0.6) is 11.5 Å². The average molecular weight is 433 g/mol. The number of halogens is 1. The smallest absolute Gasteiger partial charge is 0.255 e. The largest absolute Gasteiger partial charge is 0.497 e. The molecule has 1 N–H and O–H groups in total. The van der Waals surface area contributed by atoms with E-state index < -0.39 is 5.82 Å². The van der Waals surface area contributed by atoms with Gasteiger partial charge in [0.2, 0.25) is 5.78 Å². The Kier molecular flexibility index (Phi) is 5.64. The van der Waals surface area contributed by atoms with Gasteiger partial charge < -0.3 is 19.2 Å². The number of benzene rings is 3. The van der Waals surface area contributed by atoms with Crippen LogP contribution in [0.1, 0.15) is 32.0 Å². The van der Waals surface area contributed by atoms with Gasteiger partial charge in [-0.1, -0.05) is 0 Å². The standard InChI is InChI=1S/C25H20FNO5/c1-14-19-12-17(27-25(29)15-4-6-16(26)7-5-15)8-10-22(19)32-24(14)23(28)20-13-18(30-2)9-11-21(20)31-3/h4-13H,1-3H3,(H,27,29). The maximum absolute atomic E-state index is 13.2. The Morgan fingerprint density at radius 3 is 2.38 bits per heavy atom. The van der Waals surface area contributed by atoms with Crippen molar-refractivity contribution in [2.24, 2.45) is 0 Å². The number of anilines is 1. The number of carbonyl (C=O) groups is 2. The molecule has 0 aliphatic carbocycles. The number of amides is 1. The van der Waals surface area contributed by atoms with E-state index in [1.807, 2.05) is 0 Å². The maximum Gasteiger partial charge on any atom is 0.255 e. The second-order valence-corrected chi connectivity index (χ2v) is 7.12. The minimum absolute atomic E-state index is 0.175. The number of fused-ring (bicyclic) bond motifs is 1. The zero-order valence-electron chi connectivity index (χ0n) is 17.7. The predicted molar refractivity (Wildman–Crippen MR) is 118 cm³/mol. The second-order valence-electron chi connectivity index (χ2n) is 7.12. The fraction of sp³-hybridized carbons (Fsp3) is 0.120. The molecule has 0 spiro atoms. The van der Waals surface area contributed by atoms with E-state index in [1.54, 1.807) is 43.3 Å². The fourth-order valence-electron chi connectivity index (χ4n) is 3.43. The lowest BCUT2D eigenvalue weighted by Crippen LogP contribution is -2.11. The number of rotatable bonds is 6. The molecular formula is C25H20FNO5. The van der Waals surface area contributed by atoms with Crippen LogP contribution in [0.3, 0.4) is 0 Å². The van der Waals surface area contributed by atoms with E-state index in [2.05, 4.69) is 5.32 Å². The van der Waals surface area contributed by atoms with Crippen LogP contribution in [0.2, 0.25) is 0 Å². The molecule has 0 unspecified atom stereocenters. The van der Waals surface area contributed by atoms with Crippen molar-refractivity contribution in [1.29, 1.82) is 0 Å². The topological polar surface area (TPSA) is 77.8 Å². The Labute approximate surface area is 183 Å². The predicted octanol–water partition coefficient (Wildman–Crippen LogP) is 5.38. The van der Waals surface area contributed by atoms with Crippen molar-refractivity contribution >= 4 is 28.3 Å². The van der Waals surface area contributed by atoms with Gasteiger partial charge in [0.15, 0.2) is 5.76 Å². The Morgan fingerprint density at radius 1 is 0.938 bits per heavy atom. The number of carbonyl (C=O) groups excluding carboxylic acids is 2. The van der Waals surface area contributed by atoms with Crippen LogP contribution >= 0.6 is 0 Å². The normalized spacial score (nSPS) is 10.8. The number of ether oxygens (including phenoxy) is 2. The third kappa shape index (κ3) is 3.92. The van der Waals surface area contributed by atoms with Crippen molar-refractivity contribution < 1.29 is 27.9 Å². The lowest BCUT2D eigenvalue weighted by atomic mass is 10.0. The van der Waals surface area contributed by atoms with Gasteiger partial charge in [-0.15, -0.1) is 0 Å². The summed E-state index contributed by atoms with van der Waals surface area (Å²) in [6.45, 7) is 1.78. The summed E-state index contributed by atoms with van der Waals surface area (Å²) in [6.07, 6.45) is 0. The quantitative estimate of drug-likeness (QED) is 0.413. The average Bonchev–Trinajstić information content (AvgIpc) is 3.14. The van der Waals surface area contributed by atoms with Crippen LogP contribution < -0.4 is 14.8 Å². The van der Waals surface area contributed by atoms with E-state index in [0.717, 1.165) is 0 Å². The van der Waals surface area contributed by atoms with Gasteiger partial charge in [0.1, 0.15) is 22.9 Å². The van der Waals surface area contributed by atoms with Gasteiger partial charge in [-0.05, 0) is 67.6 Å². The Bertz CT molecular complexity index is 1320. The number of ketones is 1. The number of aryl methyl sites for hydroxylation is 1. The molecule has 6 nitrogen and oxygen atoms in total. The summed E-state index contributed by atoms with van der Waals surface area (Å²) in [5, 5.41) is 3.46. The van der Waals surface area contributed by atoms with Crippen LogP contribution in [0.25, 0.3) is 11.0 Å². The van der Waals surface area contributed by atoms with Gasteiger partial charge in [-0.25, -0.2) is 4.39 Å². The molecule has 0 atom stereocenters. The third-order valence-corrected chi connectivity index (χ3v) is 5.16. The number of nitrogens with one attached hydrogen (secondary N) is 1. The Balaban J connectivity index is 1.67. The Hall–Kier alpha value is -4.13. The summed E-state index contributed by atoms with van der Waals surface area (Å²) in [5.74, 6) is -0.0266. The highest BCUT2D eigenvalue weighted by Gasteiger charge is 2.23. The minimum atomic E-state index is -0.415. The maximum atomic E-state index is 13.2. The van der Waals surface area contributed by atoms with Gasteiger partial charge >= 0.3 is 0 Å². The molecule has 0 fully saturated rings. The molecule has 0 aliphatic heterocycles. The lowest BCUT2D eigenvalue weighted by molar-refractivity contribution is 0.100. The number of furan rings is 1. The second kappa shape index (κ2) is 8.55. The van der Waals surface area contributed by atoms with Crippen LogP contribution in [0.15, 0.2) is 65.1 Å². The molecular weight excluding hydrogens is 413 g/mol. The zero-order valence-corrected chi connectivity index (χ0v) is 17.7. The van der Waals surface area contributed by atoms with Gasteiger partial charge in [0.25, 0.3) is 5.91 Å². The van der Waals surface area contributed by atoms with E-state index in [-0.39, 0.29) is 17.5 Å². The number of hydrogen-bond donors (Lipinski definition) is 1. The number of hydrogen-bond acceptors (Lipinski definition) is 5. The van der Waals surface area contributed by atoms with Crippen LogP contribution in [0, 0.1) is 12.7 Å².